The minimum Gasteiger partial charge on any atom is -0.375 e. The molecule has 13 heteroatoms. The highest BCUT2D eigenvalue weighted by atomic mass is 32.2. The Morgan fingerprint density at radius 2 is 2.09 bits per heavy atom. The molecule has 1 amide bonds. The molecule has 3 aromatic rings. The molecule has 4 rings (SSSR count). The Balaban J connectivity index is 1.42. The normalized spacial score (nSPS) is 15.9. The van der Waals surface area contributed by atoms with Crippen LogP contribution in [-0.4, -0.2) is 66.4 Å². The first-order chi connectivity index (χ1) is 21.2. The van der Waals surface area contributed by atoms with Gasteiger partial charge < -0.3 is 10.1 Å². The van der Waals surface area contributed by atoms with E-state index in [1.165, 1.54) is 17.0 Å². The Labute approximate surface area is 267 Å². The van der Waals surface area contributed by atoms with Crippen LogP contribution in [0.1, 0.15) is 44.4 Å². The average Bonchev–Trinajstić information content (AvgIpc) is 3.50. The van der Waals surface area contributed by atoms with Crippen molar-refractivity contribution in [2.75, 3.05) is 37.4 Å². The Hall–Kier alpha value is -3.49. The summed E-state index contributed by atoms with van der Waals surface area (Å²) in [6.07, 6.45) is 17.4. The molecule has 234 valence electrons. The molecule has 1 atom stereocenters. The molecular weight excluding hydrogens is 617 g/mol. The number of fused-ring (bicyclic) bond motifs is 1. The fourth-order valence-corrected chi connectivity index (χ4v) is 8.84. The van der Waals surface area contributed by atoms with Gasteiger partial charge in [0.1, 0.15) is 18.8 Å². The van der Waals surface area contributed by atoms with Crippen LogP contribution in [0.2, 0.25) is 0 Å². The van der Waals surface area contributed by atoms with Crippen LogP contribution in [0.4, 0.5) is 10.9 Å². The lowest BCUT2D eigenvalue weighted by Gasteiger charge is -2.20. The number of nitrogens with one attached hydrogen (secondary N) is 2. The molecule has 2 N–H and O–H groups in total. The number of aryl methyl sites for hydroxylation is 1. The smallest absolute Gasteiger partial charge is 0.254 e. The van der Waals surface area contributed by atoms with E-state index in [2.05, 4.69) is 56.6 Å². The zero-order chi connectivity index (χ0) is 31.7. The highest BCUT2D eigenvalue weighted by Gasteiger charge is 2.30. The van der Waals surface area contributed by atoms with Gasteiger partial charge in [0.15, 0.2) is 9.34 Å². The number of rotatable bonds is 13. The molecule has 10 nitrogen and oxygen atoms in total. The number of aromatic nitrogens is 3. The number of methoxy groups -OCH3 is 1. The quantitative estimate of drug-likeness (QED) is 0.161. The number of ether oxygens (including phenoxy) is 1. The second-order valence-corrected chi connectivity index (χ2v) is 14.2. The van der Waals surface area contributed by atoms with Crippen LogP contribution in [0.3, 0.4) is 0 Å². The van der Waals surface area contributed by atoms with E-state index in [0.29, 0.717) is 31.6 Å². The van der Waals surface area contributed by atoms with Crippen LogP contribution < -0.4 is 10.6 Å². The van der Waals surface area contributed by atoms with Crippen molar-refractivity contribution < 1.29 is 17.9 Å². The second kappa shape index (κ2) is 15.5. The molecule has 0 spiro atoms. The summed E-state index contributed by atoms with van der Waals surface area (Å²) < 4.78 is 34.5. The summed E-state index contributed by atoms with van der Waals surface area (Å²) in [5.74, 6) is 0.398. The Morgan fingerprint density at radius 1 is 1.27 bits per heavy atom. The topological polar surface area (TPSA) is 126 Å². The number of amides is 1. The Bertz CT molecular complexity index is 1720. The van der Waals surface area contributed by atoms with Crippen molar-refractivity contribution in [1.29, 1.82) is 0 Å². The number of thiophene rings is 1. The van der Waals surface area contributed by atoms with Gasteiger partial charge in [0.2, 0.25) is 0 Å². The Morgan fingerprint density at radius 3 is 2.84 bits per heavy atom. The molecule has 0 fully saturated rings. The van der Waals surface area contributed by atoms with Gasteiger partial charge in [0.05, 0.1) is 15.9 Å². The maximum absolute atomic E-state index is 13.5. The van der Waals surface area contributed by atoms with E-state index in [-0.39, 0.29) is 27.9 Å². The van der Waals surface area contributed by atoms with Gasteiger partial charge in [0.25, 0.3) is 15.9 Å². The van der Waals surface area contributed by atoms with Gasteiger partial charge in [-0.25, -0.2) is 23.4 Å². The molecule has 4 heterocycles. The molecule has 0 unspecified atom stereocenters. The summed E-state index contributed by atoms with van der Waals surface area (Å²) in [7, 11) is -2.35. The van der Waals surface area contributed by atoms with Crippen LogP contribution in [0.15, 0.2) is 70.6 Å². The summed E-state index contributed by atoms with van der Waals surface area (Å²) in [4.78, 5) is 25.3. The van der Waals surface area contributed by atoms with E-state index >= 15 is 0 Å². The molecule has 0 aromatic carbocycles. The van der Waals surface area contributed by atoms with Gasteiger partial charge >= 0.3 is 0 Å². The highest BCUT2D eigenvalue weighted by molar-refractivity contribution is 7.91. The zero-order valence-electron chi connectivity index (χ0n) is 25.4. The summed E-state index contributed by atoms with van der Waals surface area (Å²) in [5, 5.41) is 8.50. The summed E-state index contributed by atoms with van der Waals surface area (Å²) in [6.45, 7) is 10.1. The number of carbonyl (C=O) groups is 1. The van der Waals surface area contributed by atoms with Crippen LogP contribution in [0.25, 0.3) is 15.8 Å². The van der Waals surface area contributed by atoms with E-state index in [1.807, 2.05) is 31.2 Å². The standard InChI is InChI=1S/C31H38N6O4S3/c1-6-8-12-24(13-9-7-2)25-19-42-28-27(25)32-20-33-29(28)34-21(3)17-23-11-10-15-37(16-14-23)44(39,40)30-22(4)35-31(43-30)36-26(38)18-41-5/h6-9,11-13,19-21H,1,10,14-18H2,2-5H3,(H,32,33,34)(H,35,36,38)/b9-7-,12-8+,24-13+/t21-/m0/s1. The third-order valence-corrected chi connectivity index (χ3v) is 11.4. The first kappa shape index (κ1) is 33.4. The third-order valence-electron chi connectivity index (χ3n) is 6.84. The van der Waals surface area contributed by atoms with Crippen molar-refractivity contribution in [1.82, 2.24) is 19.3 Å². The van der Waals surface area contributed by atoms with Crippen molar-refractivity contribution in [3.8, 4) is 0 Å². The van der Waals surface area contributed by atoms with E-state index < -0.39 is 10.0 Å². The van der Waals surface area contributed by atoms with E-state index in [9.17, 15) is 13.2 Å². The van der Waals surface area contributed by atoms with Gasteiger partial charge in [0, 0.05) is 37.2 Å². The SMILES string of the molecule is C=C/C=C/C(=C\C=C/C)c1csc2c(N[C@@H](C)CC3=CCCN(S(=O)(=O)c4sc(NC(=O)COC)nc4C)CC3)ncnc12. The minimum atomic E-state index is -3.76. The van der Waals surface area contributed by atoms with Crippen molar-refractivity contribution in [3.05, 3.63) is 77.6 Å². The minimum absolute atomic E-state index is 0.0637. The predicted octanol–water partition coefficient (Wildman–Crippen LogP) is 6.34. The van der Waals surface area contributed by atoms with Gasteiger partial charge in [-0.2, -0.15) is 4.31 Å². The monoisotopic (exact) mass is 654 g/mol. The lowest BCUT2D eigenvalue weighted by atomic mass is 10.0. The number of thiazole rings is 1. The number of hydrogen-bond donors (Lipinski definition) is 2. The molecule has 3 aromatic heterocycles. The van der Waals surface area contributed by atoms with Crippen LogP contribution in [0.5, 0.6) is 0 Å². The lowest BCUT2D eigenvalue weighted by Crippen LogP contribution is -2.32. The molecule has 44 heavy (non-hydrogen) atoms. The zero-order valence-corrected chi connectivity index (χ0v) is 27.8. The molecule has 0 radical (unpaired) electrons. The number of hydrogen-bond acceptors (Lipinski definition) is 10. The number of carbonyl (C=O) groups excluding carboxylic acids is 1. The predicted molar refractivity (Wildman–Crippen MR) is 181 cm³/mol. The van der Waals surface area contributed by atoms with Gasteiger partial charge in [-0.05, 0) is 45.6 Å². The molecule has 0 saturated carbocycles. The molecule has 1 aliphatic heterocycles. The molecular formula is C31H38N6O4S3. The average molecular weight is 655 g/mol. The molecule has 0 bridgehead atoms. The summed E-state index contributed by atoms with van der Waals surface area (Å²) in [5.41, 5.74) is 4.52. The maximum Gasteiger partial charge on any atom is 0.254 e. The van der Waals surface area contributed by atoms with Crippen molar-refractivity contribution >= 4 is 65.3 Å². The van der Waals surface area contributed by atoms with Gasteiger partial charge in [-0.1, -0.05) is 66.0 Å². The fourth-order valence-electron chi connectivity index (χ4n) is 4.84. The first-order valence-electron chi connectivity index (χ1n) is 14.2. The largest absolute Gasteiger partial charge is 0.375 e. The van der Waals surface area contributed by atoms with Crippen LogP contribution >= 0.6 is 22.7 Å². The molecule has 0 aliphatic carbocycles. The van der Waals surface area contributed by atoms with Crippen LogP contribution in [-0.2, 0) is 19.6 Å². The number of sulfonamides is 1. The number of allylic oxidation sites excluding steroid dienone is 7. The fraction of sp³-hybridized carbons (Fsp3) is 0.355. The molecule has 0 saturated heterocycles. The van der Waals surface area contributed by atoms with E-state index in [1.54, 1.807) is 30.7 Å². The number of anilines is 2. The first-order valence-corrected chi connectivity index (χ1v) is 17.4. The molecule has 1 aliphatic rings. The van der Waals surface area contributed by atoms with Crippen molar-refractivity contribution in [3.63, 3.8) is 0 Å². The lowest BCUT2D eigenvalue weighted by molar-refractivity contribution is -0.119. The van der Waals surface area contributed by atoms with Crippen LogP contribution in [0, 0.1) is 6.92 Å². The van der Waals surface area contributed by atoms with Crippen molar-refractivity contribution in [2.24, 2.45) is 0 Å². The number of nitrogens with zero attached hydrogens (tertiary/aromatic N) is 4. The summed E-state index contributed by atoms with van der Waals surface area (Å²) in [6, 6.07) is 0.0637. The van der Waals surface area contributed by atoms with E-state index in [0.717, 1.165) is 44.9 Å². The van der Waals surface area contributed by atoms with E-state index in [4.69, 9.17) is 4.74 Å². The summed E-state index contributed by atoms with van der Waals surface area (Å²) >= 11 is 2.57. The second-order valence-electron chi connectivity index (χ2n) is 10.2. The Kier molecular flexibility index (Phi) is 11.8. The highest BCUT2D eigenvalue weighted by Crippen LogP contribution is 2.35. The maximum atomic E-state index is 13.5. The van der Waals surface area contributed by atoms with Crippen molar-refractivity contribution in [2.45, 2.75) is 50.3 Å². The third kappa shape index (κ3) is 8.16. The van der Waals surface area contributed by atoms with Gasteiger partial charge in [-0.15, -0.1) is 11.3 Å². The van der Waals surface area contributed by atoms with Gasteiger partial charge in [-0.3, -0.25) is 10.1 Å².